The van der Waals surface area contributed by atoms with Crippen LogP contribution in [-0.4, -0.2) is 42.1 Å². The number of nitrogens with zero attached hydrogens (tertiary/aromatic N) is 1. The molecule has 1 saturated heterocycles. The Morgan fingerprint density at radius 3 is 2.42 bits per heavy atom. The van der Waals surface area contributed by atoms with Crippen molar-refractivity contribution >= 4 is 12.0 Å². The molecule has 2 amide bonds. The lowest BCUT2D eigenvalue weighted by Gasteiger charge is -2.29. The molecule has 0 aromatic rings. The van der Waals surface area contributed by atoms with Crippen LogP contribution in [0.3, 0.4) is 0 Å². The number of nitrogens with one attached hydrogen (secondary N) is 1. The molecule has 19 heavy (non-hydrogen) atoms. The molecule has 106 valence electrons. The summed E-state index contributed by atoms with van der Waals surface area (Å²) in [6, 6.07) is 0. The van der Waals surface area contributed by atoms with Crippen LogP contribution >= 0.6 is 0 Å². The average Bonchev–Trinajstić information content (AvgIpc) is 2.34. The number of amides is 2. The van der Waals surface area contributed by atoms with Crippen molar-refractivity contribution in [2.75, 3.05) is 19.7 Å². The van der Waals surface area contributed by atoms with Gasteiger partial charge < -0.3 is 15.0 Å². The average molecular weight is 266 g/mol. The van der Waals surface area contributed by atoms with Crippen LogP contribution in [-0.2, 0) is 9.53 Å². The molecule has 0 aromatic carbocycles. The summed E-state index contributed by atoms with van der Waals surface area (Å²) in [7, 11) is 0. The molecule has 1 aliphatic heterocycles. The lowest BCUT2D eigenvalue weighted by molar-refractivity contribution is -0.135. The number of terminal acetylenes is 1. The fourth-order valence-electron chi connectivity index (χ4n) is 1.86. The quantitative estimate of drug-likeness (QED) is 0.768. The molecule has 0 aromatic heterocycles. The Balaban J connectivity index is 2.29. The summed E-state index contributed by atoms with van der Waals surface area (Å²) in [5.74, 6) is 2.80. The maximum atomic E-state index is 11.8. The van der Waals surface area contributed by atoms with Crippen LogP contribution in [0.15, 0.2) is 0 Å². The highest BCUT2D eigenvalue weighted by Gasteiger charge is 2.23. The van der Waals surface area contributed by atoms with Gasteiger partial charge in [-0.2, -0.15) is 0 Å². The van der Waals surface area contributed by atoms with Crippen LogP contribution in [0.5, 0.6) is 0 Å². The molecule has 0 bridgehead atoms. The first-order valence-corrected chi connectivity index (χ1v) is 6.50. The Hall–Kier alpha value is -1.70. The van der Waals surface area contributed by atoms with Gasteiger partial charge in [0, 0.05) is 24.5 Å². The summed E-state index contributed by atoms with van der Waals surface area (Å²) in [6.45, 7) is 6.60. The van der Waals surface area contributed by atoms with Crippen molar-refractivity contribution in [2.45, 2.75) is 39.2 Å². The summed E-state index contributed by atoms with van der Waals surface area (Å²) >= 11 is 0. The normalized spacial score (nSPS) is 16.6. The van der Waals surface area contributed by atoms with Gasteiger partial charge in [-0.1, -0.05) is 0 Å². The minimum Gasteiger partial charge on any atom is -0.439 e. The molecule has 0 spiro atoms. The number of carbonyl (C=O) groups excluding carboxylic acids is 2. The maximum absolute atomic E-state index is 11.8. The topological polar surface area (TPSA) is 58.6 Å². The minimum atomic E-state index is -0.570. The van der Waals surface area contributed by atoms with E-state index in [1.165, 1.54) is 0 Å². The molecule has 0 unspecified atom stereocenters. The number of carbonyl (C=O) groups is 2. The highest BCUT2D eigenvalue weighted by atomic mass is 16.6. The molecular weight excluding hydrogens is 244 g/mol. The Kier molecular flexibility index (Phi) is 5.22. The number of piperidine rings is 1. The standard InChI is InChI=1S/C14H22N2O3/c1-5-11-6-8-16(9-7-11)12(17)10-19-13(18)15-14(2,3)4/h1,11H,6-10H2,2-4H3,(H,15,18). The van der Waals surface area contributed by atoms with Crippen LogP contribution in [0, 0.1) is 18.3 Å². The predicted octanol–water partition coefficient (Wildman–Crippen LogP) is 1.38. The first-order valence-electron chi connectivity index (χ1n) is 6.50. The Labute approximate surface area is 114 Å². The molecule has 0 radical (unpaired) electrons. The highest BCUT2D eigenvalue weighted by molar-refractivity contribution is 5.80. The van der Waals surface area contributed by atoms with Gasteiger partial charge >= 0.3 is 6.09 Å². The van der Waals surface area contributed by atoms with Crippen molar-refractivity contribution in [3.63, 3.8) is 0 Å². The molecule has 5 heteroatoms. The Morgan fingerprint density at radius 2 is 1.95 bits per heavy atom. The van der Waals surface area contributed by atoms with E-state index in [0.717, 1.165) is 12.8 Å². The third kappa shape index (κ3) is 5.64. The zero-order chi connectivity index (χ0) is 14.5. The summed E-state index contributed by atoms with van der Waals surface area (Å²) in [4.78, 5) is 24.9. The number of alkyl carbamates (subject to hydrolysis) is 1. The zero-order valence-corrected chi connectivity index (χ0v) is 11.9. The third-order valence-corrected chi connectivity index (χ3v) is 2.89. The fraction of sp³-hybridized carbons (Fsp3) is 0.714. The molecule has 1 fully saturated rings. The summed E-state index contributed by atoms with van der Waals surface area (Å²) in [5, 5.41) is 2.64. The van der Waals surface area contributed by atoms with Gasteiger partial charge in [-0.25, -0.2) is 4.79 Å². The van der Waals surface area contributed by atoms with E-state index >= 15 is 0 Å². The molecular formula is C14H22N2O3. The van der Waals surface area contributed by atoms with Gasteiger partial charge in [0.05, 0.1) is 0 Å². The minimum absolute atomic E-state index is 0.167. The SMILES string of the molecule is C#CC1CCN(C(=O)COC(=O)NC(C)(C)C)CC1. The van der Waals surface area contributed by atoms with Crippen molar-refractivity contribution in [2.24, 2.45) is 5.92 Å². The summed E-state index contributed by atoms with van der Waals surface area (Å²) in [6.07, 6.45) is 6.41. The van der Waals surface area contributed by atoms with E-state index < -0.39 is 6.09 Å². The van der Waals surface area contributed by atoms with E-state index in [2.05, 4.69) is 11.2 Å². The molecule has 1 rings (SSSR count). The summed E-state index contributed by atoms with van der Waals surface area (Å²) < 4.78 is 4.90. The summed E-state index contributed by atoms with van der Waals surface area (Å²) in [5.41, 5.74) is -0.370. The van der Waals surface area contributed by atoms with Crippen molar-refractivity contribution in [3.05, 3.63) is 0 Å². The lowest BCUT2D eigenvalue weighted by atomic mass is 9.98. The monoisotopic (exact) mass is 266 g/mol. The first-order chi connectivity index (χ1) is 8.81. The maximum Gasteiger partial charge on any atom is 0.408 e. The van der Waals surface area contributed by atoms with Gasteiger partial charge in [-0.05, 0) is 33.6 Å². The largest absolute Gasteiger partial charge is 0.439 e. The molecule has 0 saturated carbocycles. The predicted molar refractivity (Wildman–Crippen MR) is 72.4 cm³/mol. The smallest absolute Gasteiger partial charge is 0.408 e. The van der Waals surface area contributed by atoms with Gasteiger partial charge in [-0.3, -0.25) is 4.79 Å². The van der Waals surface area contributed by atoms with Gasteiger partial charge in [0.1, 0.15) is 0 Å². The molecule has 5 nitrogen and oxygen atoms in total. The van der Waals surface area contributed by atoms with Crippen LogP contribution in [0.1, 0.15) is 33.6 Å². The fourth-order valence-corrected chi connectivity index (χ4v) is 1.86. The first kappa shape index (κ1) is 15.4. The second kappa shape index (κ2) is 6.46. The van der Waals surface area contributed by atoms with E-state index in [-0.39, 0.29) is 24.0 Å². The molecule has 1 heterocycles. The van der Waals surface area contributed by atoms with E-state index in [9.17, 15) is 9.59 Å². The van der Waals surface area contributed by atoms with E-state index in [1.54, 1.807) is 4.90 Å². The number of hydrogen-bond donors (Lipinski definition) is 1. The van der Waals surface area contributed by atoms with Crippen LogP contribution in [0.2, 0.25) is 0 Å². The van der Waals surface area contributed by atoms with Gasteiger partial charge in [0.15, 0.2) is 6.61 Å². The number of hydrogen-bond acceptors (Lipinski definition) is 3. The lowest BCUT2D eigenvalue weighted by Crippen LogP contribution is -2.44. The Morgan fingerprint density at radius 1 is 1.37 bits per heavy atom. The van der Waals surface area contributed by atoms with Crippen LogP contribution in [0.4, 0.5) is 4.79 Å². The van der Waals surface area contributed by atoms with Crippen molar-refractivity contribution < 1.29 is 14.3 Å². The van der Waals surface area contributed by atoms with E-state index in [4.69, 9.17) is 11.2 Å². The second-order valence-electron chi connectivity index (χ2n) is 5.77. The van der Waals surface area contributed by atoms with Gasteiger partial charge in [0.25, 0.3) is 5.91 Å². The van der Waals surface area contributed by atoms with Crippen LogP contribution in [0.25, 0.3) is 0 Å². The zero-order valence-electron chi connectivity index (χ0n) is 11.9. The molecule has 0 aliphatic carbocycles. The van der Waals surface area contributed by atoms with Crippen molar-refractivity contribution in [1.82, 2.24) is 10.2 Å². The van der Waals surface area contributed by atoms with E-state index in [0.29, 0.717) is 13.1 Å². The molecule has 1 aliphatic rings. The van der Waals surface area contributed by atoms with Gasteiger partial charge in [-0.15, -0.1) is 12.3 Å². The van der Waals surface area contributed by atoms with E-state index in [1.807, 2.05) is 20.8 Å². The van der Waals surface area contributed by atoms with Crippen molar-refractivity contribution in [1.29, 1.82) is 0 Å². The number of rotatable bonds is 2. The van der Waals surface area contributed by atoms with Gasteiger partial charge in [0.2, 0.25) is 0 Å². The van der Waals surface area contributed by atoms with Crippen molar-refractivity contribution in [3.8, 4) is 12.3 Å². The van der Waals surface area contributed by atoms with Crippen LogP contribution < -0.4 is 5.32 Å². The molecule has 1 N–H and O–H groups in total. The Bertz CT molecular complexity index is 371. The second-order valence-corrected chi connectivity index (χ2v) is 5.77. The number of likely N-dealkylation sites (tertiary alicyclic amines) is 1. The molecule has 0 atom stereocenters. The highest BCUT2D eigenvalue weighted by Crippen LogP contribution is 2.15. The number of ether oxygens (including phenoxy) is 1. The third-order valence-electron chi connectivity index (χ3n) is 2.89.